The van der Waals surface area contributed by atoms with Gasteiger partial charge in [0.2, 0.25) is 0 Å². The Kier molecular flexibility index (Phi) is 3.03. The highest BCUT2D eigenvalue weighted by Crippen LogP contribution is 2.20. The van der Waals surface area contributed by atoms with E-state index in [0.717, 1.165) is 29.7 Å². The van der Waals surface area contributed by atoms with E-state index >= 15 is 0 Å². The van der Waals surface area contributed by atoms with Gasteiger partial charge < -0.3 is 4.40 Å². The molecule has 0 spiro atoms. The fourth-order valence-electron chi connectivity index (χ4n) is 2.23. The molecule has 0 bridgehead atoms. The van der Waals surface area contributed by atoms with Crippen LogP contribution in [0.25, 0.3) is 16.9 Å². The van der Waals surface area contributed by atoms with E-state index in [9.17, 15) is 4.39 Å². The number of pyridine rings is 1. The highest BCUT2D eigenvalue weighted by Gasteiger charge is 2.05. The minimum atomic E-state index is -0.255. The maximum Gasteiger partial charge on any atom is 0.139 e. The van der Waals surface area contributed by atoms with Gasteiger partial charge in [0.15, 0.2) is 0 Å². The molecule has 1 aromatic carbocycles. The van der Waals surface area contributed by atoms with Gasteiger partial charge in [0.1, 0.15) is 11.5 Å². The van der Waals surface area contributed by atoms with Crippen LogP contribution in [0.5, 0.6) is 0 Å². The number of aromatic nitrogens is 2. The quantitative estimate of drug-likeness (QED) is 0.688. The normalized spacial score (nSPS) is 11.1. The smallest absolute Gasteiger partial charge is 0.139 e. The van der Waals surface area contributed by atoms with Crippen molar-refractivity contribution in [1.82, 2.24) is 9.38 Å². The van der Waals surface area contributed by atoms with Gasteiger partial charge in [0.05, 0.1) is 5.69 Å². The Balaban J connectivity index is 1.99. The van der Waals surface area contributed by atoms with Crippen molar-refractivity contribution < 1.29 is 4.39 Å². The molecule has 2 nitrogen and oxygen atoms in total. The molecule has 0 aliphatic heterocycles. The second-order valence-corrected chi connectivity index (χ2v) is 4.69. The molecule has 0 radical (unpaired) electrons. The van der Waals surface area contributed by atoms with E-state index in [1.165, 1.54) is 17.8 Å². The van der Waals surface area contributed by atoms with Gasteiger partial charge in [-0.05, 0) is 24.1 Å². The number of halogens is 1. The summed E-state index contributed by atoms with van der Waals surface area (Å²) in [5, 5.41) is 0. The van der Waals surface area contributed by atoms with Crippen LogP contribution < -0.4 is 0 Å². The lowest BCUT2D eigenvalue weighted by molar-refractivity contribution is 0.619. The third-order valence-corrected chi connectivity index (χ3v) is 3.20. The van der Waals surface area contributed by atoms with Crippen LogP contribution in [-0.2, 0) is 6.42 Å². The molecule has 0 fully saturated rings. The van der Waals surface area contributed by atoms with E-state index in [1.54, 1.807) is 10.5 Å². The summed E-state index contributed by atoms with van der Waals surface area (Å²) in [7, 11) is 0. The topological polar surface area (TPSA) is 17.3 Å². The molecule has 96 valence electrons. The molecule has 0 unspecified atom stereocenters. The second-order valence-electron chi connectivity index (χ2n) is 4.69. The summed E-state index contributed by atoms with van der Waals surface area (Å²) in [5.41, 5.74) is 4.02. The Morgan fingerprint density at radius 1 is 1.05 bits per heavy atom. The van der Waals surface area contributed by atoms with Gasteiger partial charge in [0, 0.05) is 18.0 Å². The summed E-state index contributed by atoms with van der Waals surface area (Å²) in [6, 6.07) is 11.5. The molecular formula is C16H15FN2. The van der Waals surface area contributed by atoms with Crippen LogP contribution in [0.15, 0.2) is 48.8 Å². The standard InChI is InChI=1S/C16H15FN2/c1-2-3-12-4-6-13(7-5-12)15-11-19-10-14(17)8-9-16(19)18-15/h4-11H,2-3H2,1H3. The van der Waals surface area contributed by atoms with Crippen LogP contribution >= 0.6 is 0 Å². The average molecular weight is 254 g/mol. The van der Waals surface area contributed by atoms with Gasteiger partial charge in [-0.15, -0.1) is 0 Å². The number of benzene rings is 1. The van der Waals surface area contributed by atoms with Gasteiger partial charge in [0.25, 0.3) is 0 Å². The molecule has 3 heteroatoms. The summed E-state index contributed by atoms with van der Waals surface area (Å²) >= 11 is 0. The molecule has 0 atom stereocenters. The van der Waals surface area contributed by atoms with E-state index in [1.807, 2.05) is 6.20 Å². The Bertz CT molecular complexity index is 698. The molecule has 2 heterocycles. The van der Waals surface area contributed by atoms with Crippen LogP contribution in [0.2, 0.25) is 0 Å². The fourth-order valence-corrected chi connectivity index (χ4v) is 2.23. The average Bonchev–Trinajstić information content (AvgIpc) is 2.83. The zero-order chi connectivity index (χ0) is 13.2. The molecule has 19 heavy (non-hydrogen) atoms. The Labute approximate surface area is 111 Å². The first-order chi connectivity index (χ1) is 9.26. The summed E-state index contributed by atoms with van der Waals surface area (Å²) in [6.07, 6.45) is 5.54. The van der Waals surface area contributed by atoms with Crippen molar-refractivity contribution >= 4 is 5.65 Å². The molecule has 3 aromatic rings. The zero-order valence-electron chi connectivity index (χ0n) is 10.8. The zero-order valence-corrected chi connectivity index (χ0v) is 10.8. The van der Waals surface area contributed by atoms with Crippen molar-refractivity contribution in [3.05, 3.63) is 60.2 Å². The highest BCUT2D eigenvalue weighted by molar-refractivity contribution is 5.62. The first-order valence-electron chi connectivity index (χ1n) is 6.50. The molecular weight excluding hydrogens is 239 g/mol. The molecule has 0 saturated carbocycles. The van der Waals surface area contributed by atoms with Crippen molar-refractivity contribution in [3.63, 3.8) is 0 Å². The van der Waals surface area contributed by atoms with Crippen LogP contribution in [0, 0.1) is 5.82 Å². The lowest BCUT2D eigenvalue weighted by Gasteiger charge is -2.00. The highest BCUT2D eigenvalue weighted by atomic mass is 19.1. The summed E-state index contributed by atoms with van der Waals surface area (Å²) in [4.78, 5) is 4.50. The third kappa shape index (κ3) is 2.36. The lowest BCUT2D eigenvalue weighted by atomic mass is 10.1. The van der Waals surface area contributed by atoms with E-state index in [4.69, 9.17) is 0 Å². The van der Waals surface area contributed by atoms with Crippen molar-refractivity contribution in [2.24, 2.45) is 0 Å². The number of aryl methyl sites for hydroxylation is 1. The van der Waals surface area contributed by atoms with Gasteiger partial charge in [-0.2, -0.15) is 0 Å². The minimum absolute atomic E-state index is 0.255. The predicted molar refractivity (Wildman–Crippen MR) is 74.6 cm³/mol. The number of rotatable bonds is 3. The van der Waals surface area contributed by atoms with Gasteiger partial charge in [-0.3, -0.25) is 0 Å². The van der Waals surface area contributed by atoms with Crippen LogP contribution in [0.3, 0.4) is 0 Å². The summed E-state index contributed by atoms with van der Waals surface area (Å²) in [5.74, 6) is -0.255. The van der Waals surface area contributed by atoms with Crippen molar-refractivity contribution in [1.29, 1.82) is 0 Å². The minimum Gasteiger partial charge on any atom is -0.304 e. The lowest BCUT2D eigenvalue weighted by Crippen LogP contribution is -1.83. The number of hydrogen-bond donors (Lipinski definition) is 0. The molecule has 0 aliphatic rings. The molecule has 3 rings (SSSR count). The number of imidazole rings is 1. The Morgan fingerprint density at radius 3 is 2.58 bits per heavy atom. The maximum atomic E-state index is 13.1. The largest absolute Gasteiger partial charge is 0.304 e. The van der Waals surface area contributed by atoms with Crippen LogP contribution in [0.1, 0.15) is 18.9 Å². The first kappa shape index (κ1) is 11.9. The number of hydrogen-bond acceptors (Lipinski definition) is 1. The molecule has 0 saturated heterocycles. The Morgan fingerprint density at radius 2 is 1.84 bits per heavy atom. The SMILES string of the molecule is CCCc1ccc(-c2cn3cc(F)ccc3n2)cc1. The monoisotopic (exact) mass is 254 g/mol. The maximum absolute atomic E-state index is 13.1. The third-order valence-electron chi connectivity index (χ3n) is 3.20. The molecule has 0 aliphatic carbocycles. The molecule has 0 amide bonds. The van der Waals surface area contributed by atoms with Crippen molar-refractivity contribution in [2.45, 2.75) is 19.8 Å². The van der Waals surface area contributed by atoms with Gasteiger partial charge in [-0.1, -0.05) is 37.6 Å². The molecule has 0 N–H and O–H groups in total. The van der Waals surface area contributed by atoms with E-state index in [2.05, 4.69) is 36.2 Å². The van der Waals surface area contributed by atoms with Crippen LogP contribution in [0.4, 0.5) is 4.39 Å². The van der Waals surface area contributed by atoms with E-state index in [-0.39, 0.29) is 5.82 Å². The van der Waals surface area contributed by atoms with Crippen molar-refractivity contribution in [2.75, 3.05) is 0 Å². The Hall–Kier alpha value is -2.16. The summed E-state index contributed by atoms with van der Waals surface area (Å²) in [6.45, 7) is 2.17. The van der Waals surface area contributed by atoms with Gasteiger partial charge in [-0.25, -0.2) is 9.37 Å². The van der Waals surface area contributed by atoms with Crippen LogP contribution in [-0.4, -0.2) is 9.38 Å². The summed E-state index contributed by atoms with van der Waals surface area (Å²) < 4.78 is 14.9. The first-order valence-corrected chi connectivity index (χ1v) is 6.50. The second kappa shape index (κ2) is 4.84. The predicted octanol–water partition coefficient (Wildman–Crippen LogP) is 4.09. The fraction of sp³-hybridized carbons (Fsp3) is 0.188. The number of nitrogens with zero attached hydrogens (tertiary/aromatic N) is 2. The van der Waals surface area contributed by atoms with Gasteiger partial charge >= 0.3 is 0 Å². The molecule has 2 aromatic heterocycles. The number of fused-ring (bicyclic) bond motifs is 1. The van der Waals surface area contributed by atoms with E-state index in [0.29, 0.717) is 0 Å². The van der Waals surface area contributed by atoms with E-state index < -0.39 is 0 Å². The van der Waals surface area contributed by atoms with Crippen molar-refractivity contribution in [3.8, 4) is 11.3 Å².